The fourth-order valence-corrected chi connectivity index (χ4v) is 6.98. The Kier molecular flexibility index (Phi) is 5.39. The van der Waals surface area contributed by atoms with Gasteiger partial charge >= 0.3 is 0 Å². The standard InChI is InChI=1S/C19H21ClN2O4S2/c1-26-18-5-4-13(9-15(18)20)22-17-12-28(24,25)11-16(17)21(10-19(22)23)7-6-14-3-2-8-27-14/h2-5,8-9,16-17H,6-7,10-12H2,1H3. The van der Waals surface area contributed by atoms with Crippen molar-refractivity contribution < 1.29 is 17.9 Å². The second-order valence-electron chi connectivity index (χ2n) is 7.09. The van der Waals surface area contributed by atoms with Crippen LogP contribution in [0.1, 0.15) is 4.88 Å². The Morgan fingerprint density at radius 2 is 2.04 bits per heavy atom. The lowest BCUT2D eigenvalue weighted by atomic mass is 10.0. The van der Waals surface area contributed by atoms with Crippen LogP contribution in [0, 0.1) is 0 Å². The van der Waals surface area contributed by atoms with Crippen LogP contribution < -0.4 is 9.64 Å². The Bertz CT molecular complexity index is 978. The van der Waals surface area contributed by atoms with Gasteiger partial charge < -0.3 is 9.64 Å². The number of sulfone groups is 1. The normalized spacial score (nSPS) is 24.4. The lowest BCUT2D eigenvalue weighted by Crippen LogP contribution is -2.62. The van der Waals surface area contributed by atoms with Gasteiger partial charge in [-0.15, -0.1) is 11.3 Å². The maximum Gasteiger partial charge on any atom is 0.241 e. The number of hydrogen-bond acceptors (Lipinski definition) is 6. The molecule has 6 nitrogen and oxygen atoms in total. The molecule has 9 heteroatoms. The molecule has 0 bridgehead atoms. The minimum atomic E-state index is -3.21. The van der Waals surface area contributed by atoms with Crippen molar-refractivity contribution in [2.75, 3.05) is 36.6 Å². The Morgan fingerprint density at radius 1 is 1.25 bits per heavy atom. The maximum atomic E-state index is 13.0. The highest BCUT2D eigenvalue weighted by Gasteiger charge is 2.49. The van der Waals surface area contributed by atoms with E-state index in [0.717, 1.165) is 6.42 Å². The number of piperazine rings is 1. The molecule has 150 valence electrons. The van der Waals surface area contributed by atoms with Crippen LogP contribution in [0.2, 0.25) is 5.02 Å². The van der Waals surface area contributed by atoms with Crippen molar-refractivity contribution >= 4 is 44.4 Å². The number of hydrogen-bond donors (Lipinski definition) is 0. The average Bonchev–Trinajstić information content (AvgIpc) is 3.26. The minimum Gasteiger partial charge on any atom is -0.495 e. The van der Waals surface area contributed by atoms with E-state index in [1.54, 1.807) is 34.4 Å². The van der Waals surface area contributed by atoms with Gasteiger partial charge in [-0.3, -0.25) is 9.69 Å². The number of nitrogens with zero attached hydrogens (tertiary/aromatic N) is 2. The Labute approximate surface area is 173 Å². The summed E-state index contributed by atoms with van der Waals surface area (Å²) < 4.78 is 30.0. The quantitative estimate of drug-likeness (QED) is 0.714. The first-order valence-electron chi connectivity index (χ1n) is 9.00. The SMILES string of the molecule is COc1ccc(N2C(=O)CN(CCc3cccs3)C3CS(=O)(=O)CC32)cc1Cl. The van der Waals surface area contributed by atoms with E-state index in [4.69, 9.17) is 16.3 Å². The van der Waals surface area contributed by atoms with Crippen LogP contribution in [-0.4, -0.2) is 63.0 Å². The van der Waals surface area contributed by atoms with Crippen molar-refractivity contribution in [2.24, 2.45) is 0 Å². The molecule has 2 saturated heterocycles. The lowest BCUT2D eigenvalue weighted by Gasteiger charge is -2.43. The number of benzene rings is 1. The van der Waals surface area contributed by atoms with Crippen LogP contribution in [0.25, 0.3) is 0 Å². The van der Waals surface area contributed by atoms with Crippen molar-refractivity contribution in [3.8, 4) is 5.75 Å². The minimum absolute atomic E-state index is 0.0252. The molecular formula is C19H21ClN2O4S2. The van der Waals surface area contributed by atoms with E-state index in [2.05, 4.69) is 6.07 Å². The molecule has 2 aromatic rings. The van der Waals surface area contributed by atoms with Gasteiger partial charge in [0.15, 0.2) is 9.84 Å². The number of rotatable bonds is 5. The van der Waals surface area contributed by atoms with Crippen LogP contribution in [0.4, 0.5) is 5.69 Å². The molecule has 2 aliphatic heterocycles. The zero-order chi connectivity index (χ0) is 19.9. The fourth-order valence-electron chi connectivity index (χ4n) is 4.05. The first-order valence-corrected chi connectivity index (χ1v) is 12.1. The molecule has 0 radical (unpaired) electrons. The molecule has 1 aromatic carbocycles. The van der Waals surface area contributed by atoms with Gasteiger partial charge in [0, 0.05) is 23.2 Å². The third kappa shape index (κ3) is 3.78. The number of methoxy groups -OCH3 is 1. The molecule has 0 saturated carbocycles. The highest BCUT2D eigenvalue weighted by atomic mass is 35.5. The molecule has 0 N–H and O–H groups in total. The number of carbonyl (C=O) groups is 1. The van der Waals surface area contributed by atoms with Crippen LogP contribution in [0.3, 0.4) is 0 Å². The molecule has 1 aromatic heterocycles. The van der Waals surface area contributed by atoms with Gasteiger partial charge in [0.2, 0.25) is 5.91 Å². The molecule has 2 aliphatic rings. The number of thiophene rings is 1. The van der Waals surface area contributed by atoms with E-state index >= 15 is 0 Å². The van der Waals surface area contributed by atoms with Crippen molar-refractivity contribution in [3.05, 3.63) is 45.6 Å². The summed E-state index contributed by atoms with van der Waals surface area (Å²) in [5.41, 5.74) is 0.612. The van der Waals surface area contributed by atoms with E-state index in [1.807, 2.05) is 16.3 Å². The first-order chi connectivity index (χ1) is 13.4. The summed E-state index contributed by atoms with van der Waals surface area (Å²) in [5.74, 6) is 0.465. The van der Waals surface area contributed by atoms with Crippen molar-refractivity contribution in [1.82, 2.24) is 4.90 Å². The van der Waals surface area contributed by atoms with Crippen LogP contribution in [0.15, 0.2) is 35.7 Å². The number of carbonyl (C=O) groups excluding carboxylic acids is 1. The molecule has 4 rings (SSSR count). The molecule has 28 heavy (non-hydrogen) atoms. The second-order valence-corrected chi connectivity index (χ2v) is 10.7. The van der Waals surface area contributed by atoms with Gasteiger partial charge in [-0.1, -0.05) is 17.7 Å². The van der Waals surface area contributed by atoms with Crippen LogP contribution in [0.5, 0.6) is 5.75 Å². The predicted octanol–water partition coefficient (Wildman–Crippen LogP) is 2.47. The van der Waals surface area contributed by atoms with E-state index < -0.39 is 15.9 Å². The summed E-state index contributed by atoms with van der Waals surface area (Å²) in [4.78, 5) is 17.9. The van der Waals surface area contributed by atoms with E-state index in [1.165, 1.54) is 12.0 Å². The van der Waals surface area contributed by atoms with Crippen molar-refractivity contribution in [1.29, 1.82) is 0 Å². The van der Waals surface area contributed by atoms with Crippen LogP contribution in [-0.2, 0) is 21.1 Å². The summed E-state index contributed by atoms with van der Waals surface area (Å²) in [5, 5.41) is 2.42. The zero-order valence-electron chi connectivity index (χ0n) is 15.4. The fraction of sp³-hybridized carbons (Fsp3) is 0.421. The third-order valence-electron chi connectivity index (χ3n) is 5.34. The lowest BCUT2D eigenvalue weighted by molar-refractivity contribution is -0.123. The number of fused-ring (bicyclic) bond motifs is 1. The average molecular weight is 441 g/mol. The Hall–Kier alpha value is -1.61. The van der Waals surface area contributed by atoms with Crippen molar-refractivity contribution in [2.45, 2.75) is 18.5 Å². The van der Waals surface area contributed by atoms with Gasteiger partial charge in [0.25, 0.3) is 0 Å². The highest BCUT2D eigenvalue weighted by molar-refractivity contribution is 7.91. The molecule has 3 heterocycles. The summed E-state index contributed by atoms with van der Waals surface area (Å²) >= 11 is 7.91. The maximum absolute atomic E-state index is 13.0. The molecule has 2 atom stereocenters. The molecule has 2 fully saturated rings. The van der Waals surface area contributed by atoms with E-state index in [0.29, 0.717) is 23.0 Å². The highest BCUT2D eigenvalue weighted by Crippen LogP contribution is 2.35. The summed E-state index contributed by atoms with van der Waals surface area (Å²) in [6.45, 7) is 0.867. The number of amides is 1. The van der Waals surface area contributed by atoms with Gasteiger partial charge in [-0.2, -0.15) is 0 Å². The zero-order valence-corrected chi connectivity index (χ0v) is 17.8. The Balaban J connectivity index is 1.62. The Morgan fingerprint density at radius 3 is 2.71 bits per heavy atom. The molecule has 0 aliphatic carbocycles. The van der Waals surface area contributed by atoms with Gasteiger partial charge in [-0.25, -0.2) is 8.42 Å². The molecule has 2 unspecified atom stereocenters. The number of anilines is 1. The van der Waals surface area contributed by atoms with Crippen molar-refractivity contribution in [3.63, 3.8) is 0 Å². The summed E-state index contributed by atoms with van der Waals surface area (Å²) in [6, 6.07) is 8.58. The molecular weight excluding hydrogens is 420 g/mol. The van der Waals surface area contributed by atoms with Crippen LogP contribution >= 0.6 is 22.9 Å². The topological polar surface area (TPSA) is 66.9 Å². The molecule has 1 amide bonds. The predicted molar refractivity (Wildman–Crippen MR) is 111 cm³/mol. The largest absolute Gasteiger partial charge is 0.495 e. The number of halogens is 1. The van der Waals surface area contributed by atoms with Gasteiger partial charge in [0.05, 0.1) is 36.2 Å². The second kappa shape index (κ2) is 7.67. The van der Waals surface area contributed by atoms with Gasteiger partial charge in [0.1, 0.15) is 5.75 Å². The third-order valence-corrected chi connectivity index (χ3v) is 8.27. The first kappa shape index (κ1) is 19.7. The van der Waals surface area contributed by atoms with E-state index in [-0.39, 0.29) is 30.0 Å². The smallest absolute Gasteiger partial charge is 0.241 e. The summed E-state index contributed by atoms with van der Waals surface area (Å²) in [7, 11) is -1.69. The monoisotopic (exact) mass is 440 g/mol. The van der Waals surface area contributed by atoms with Gasteiger partial charge in [-0.05, 0) is 36.1 Å². The molecule has 0 spiro atoms. The number of ether oxygens (including phenoxy) is 1. The summed E-state index contributed by atoms with van der Waals surface area (Å²) in [6.07, 6.45) is 0.808. The van der Waals surface area contributed by atoms with E-state index in [9.17, 15) is 13.2 Å².